The Morgan fingerprint density at radius 2 is 2.11 bits per heavy atom. The molecule has 0 aliphatic carbocycles. The predicted molar refractivity (Wildman–Crippen MR) is 68.6 cm³/mol. The van der Waals surface area contributed by atoms with Gasteiger partial charge < -0.3 is 10.4 Å². The fraction of sp³-hybridized carbons (Fsp3) is 0. The second kappa shape index (κ2) is 5.14. The van der Waals surface area contributed by atoms with Gasteiger partial charge in [0.1, 0.15) is 11.6 Å². The maximum atomic E-state index is 13.5. The monoisotopic (exact) mass is 310 g/mol. The number of aromatic nitrogens is 1. The molecule has 0 atom stereocenters. The fourth-order valence-corrected chi connectivity index (χ4v) is 1.72. The molecule has 0 saturated heterocycles. The van der Waals surface area contributed by atoms with E-state index in [1.807, 2.05) is 0 Å². The minimum atomic E-state index is -1.06. The standard InChI is InChI=1S/C12H8BrFN2O2/c13-8-1-2-9(14)10(6-8)16-11-5-7(12(17)18)3-4-15-11/h1-6H,(H,15,16)(H,17,18). The van der Waals surface area contributed by atoms with Gasteiger partial charge in [0.25, 0.3) is 0 Å². The SMILES string of the molecule is O=C(O)c1ccnc(Nc2cc(Br)ccc2F)c1. The second-order valence-corrected chi connectivity index (χ2v) is 4.40. The van der Waals surface area contributed by atoms with Gasteiger partial charge in [-0.3, -0.25) is 0 Å². The lowest BCUT2D eigenvalue weighted by Gasteiger charge is -2.07. The van der Waals surface area contributed by atoms with E-state index in [-0.39, 0.29) is 17.1 Å². The molecule has 1 heterocycles. The summed E-state index contributed by atoms with van der Waals surface area (Å²) in [6.07, 6.45) is 1.35. The third-order valence-electron chi connectivity index (χ3n) is 2.20. The van der Waals surface area contributed by atoms with Crippen LogP contribution < -0.4 is 5.32 Å². The number of halogens is 2. The number of hydrogen-bond donors (Lipinski definition) is 2. The molecule has 92 valence electrons. The van der Waals surface area contributed by atoms with Crippen LogP contribution in [0.25, 0.3) is 0 Å². The zero-order chi connectivity index (χ0) is 13.1. The first kappa shape index (κ1) is 12.5. The lowest BCUT2D eigenvalue weighted by Crippen LogP contribution is -2.00. The molecule has 18 heavy (non-hydrogen) atoms. The molecule has 0 aliphatic rings. The largest absolute Gasteiger partial charge is 0.478 e. The normalized spacial score (nSPS) is 10.1. The molecule has 0 spiro atoms. The number of aromatic carboxylic acids is 1. The van der Waals surface area contributed by atoms with E-state index in [1.54, 1.807) is 12.1 Å². The molecule has 0 unspecified atom stereocenters. The number of pyridine rings is 1. The maximum absolute atomic E-state index is 13.5. The van der Waals surface area contributed by atoms with Crippen molar-refractivity contribution in [2.75, 3.05) is 5.32 Å². The van der Waals surface area contributed by atoms with Crippen LogP contribution in [-0.4, -0.2) is 16.1 Å². The van der Waals surface area contributed by atoms with Gasteiger partial charge in [0.2, 0.25) is 0 Å². The van der Waals surface area contributed by atoms with Gasteiger partial charge in [0.15, 0.2) is 0 Å². The number of anilines is 2. The molecular weight excluding hydrogens is 303 g/mol. The predicted octanol–water partition coefficient (Wildman–Crippen LogP) is 3.43. The zero-order valence-electron chi connectivity index (χ0n) is 9.02. The molecule has 0 aliphatic heterocycles. The molecule has 1 aromatic heterocycles. The zero-order valence-corrected chi connectivity index (χ0v) is 10.6. The van der Waals surface area contributed by atoms with E-state index in [4.69, 9.17) is 5.11 Å². The fourth-order valence-electron chi connectivity index (χ4n) is 1.36. The molecule has 0 saturated carbocycles. The number of carbonyl (C=O) groups is 1. The van der Waals surface area contributed by atoms with Crippen LogP contribution in [0.3, 0.4) is 0 Å². The average Bonchev–Trinajstić information content (AvgIpc) is 2.34. The van der Waals surface area contributed by atoms with Crippen LogP contribution in [0.2, 0.25) is 0 Å². The van der Waals surface area contributed by atoms with Gasteiger partial charge in [-0.15, -0.1) is 0 Å². The highest BCUT2D eigenvalue weighted by atomic mass is 79.9. The van der Waals surface area contributed by atoms with E-state index in [0.29, 0.717) is 4.47 Å². The second-order valence-electron chi connectivity index (χ2n) is 3.48. The van der Waals surface area contributed by atoms with Gasteiger partial charge in [0, 0.05) is 10.7 Å². The van der Waals surface area contributed by atoms with E-state index < -0.39 is 11.8 Å². The van der Waals surface area contributed by atoms with Crippen LogP contribution in [-0.2, 0) is 0 Å². The third-order valence-corrected chi connectivity index (χ3v) is 2.69. The highest BCUT2D eigenvalue weighted by molar-refractivity contribution is 9.10. The quantitative estimate of drug-likeness (QED) is 0.911. The maximum Gasteiger partial charge on any atom is 0.335 e. The Morgan fingerprint density at radius 3 is 2.83 bits per heavy atom. The van der Waals surface area contributed by atoms with Crippen molar-refractivity contribution in [1.29, 1.82) is 0 Å². The van der Waals surface area contributed by atoms with Crippen molar-refractivity contribution in [2.24, 2.45) is 0 Å². The van der Waals surface area contributed by atoms with Gasteiger partial charge in [-0.2, -0.15) is 0 Å². The number of carboxylic acids is 1. The van der Waals surface area contributed by atoms with Gasteiger partial charge in [0.05, 0.1) is 11.3 Å². The lowest BCUT2D eigenvalue weighted by molar-refractivity contribution is 0.0697. The Morgan fingerprint density at radius 1 is 1.33 bits per heavy atom. The minimum Gasteiger partial charge on any atom is -0.478 e. The number of benzene rings is 1. The molecule has 2 rings (SSSR count). The van der Waals surface area contributed by atoms with Gasteiger partial charge >= 0.3 is 5.97 Å². The molecule has 0 amide bonds. The first-order valence-electron chi connectivity index (χ1n) is 4.97. The molecule has 1 aromatic carbocycles. The van der Waals surface area contributed by atoms with Crippen LogP contribution in [0.1, 0.15) is 10.4 Å². The van der Waals surface area contributed by atoms with Crippen molar-refractivity contribution in [3.63, 3.8) is 0 Å². The highest BCUT2D eigenvalue weighted by Gasteiger charge is 2.07. The Hall–Kier alpha value is -1.95. The van der Waals surface area contributed by atoms with Crippen molar-refractivity contribution >= 4 is 33.4 Å². The smallest absolute Gasteiger partial charge is 0.335 e. The topological polar surface area (TPSA) is 62.2 Å². The molecule has 0 radical (unpaired) electrons. The van der Waals surface area contributed by atoms with Crippen LogP contribution in [0, 0.1) is 5.82 Å². The van der Waals surface area contributed by atoms with Crippen LogP contribution in [0.4, 0.5) is 15.9 Å². The van der Waals surface area contributed by atoms with E-state index >= 15 is 0 Å². The van der Waals surface area contributed by atoms with Crippen molar-refractivity contribution in [1.82, 2.24) is 4.98 Å². The first-order chi connectivity index (χ1) is 8.56. The molecule has 6 heteroatoms. The first-order valence-corrected chi connectivity index (χ1v) is 5.77. The van der Waals surface area contributed by atoms with Crippen LogP contribution in [0.15, 0.2) is 41.0 Å². The average molecular weight is 311 g/mol. The summed E-state index contributed by atoms with van der Waals surface area (Å²) in [7, 11) is 0. The summed E-state index contributed by atoms with van der Waals surface area (Å²) >= 11 is 3.23. The number of rotatable bonds is 3. The van der Waals surface area contributed by atoms with Crippen molar-refractivity contribution in [2.45, 2.75) is 0 Å². The van der Waals surface area contributed by atoms with Crippen LogP contribution in [0.5, 0.6) is 0 Å². The van der Waals surface area contributed by atoms with Gasteiger partial charge in [-0.25, -0.2) is 14.2 Å². The summed E-state index contributed by atoms with van der Waals surface area (Å²) in [5, 5.41) is 11.6. The highest BCUT2D eigenvalue weighted by Crippen LogP contribution is 2.23. The summed E-state index contributed by atoms with van der Waals surface area (Å²) in [4.78, 5) is 14.7. The van der Waals surface area contributed by atoms with Crippen molar-refractivity contribution < 1.29 is 14.3 Å². The number of carboxylic acid groups (broad SMARTS) is 1. The molecule has 0 bridgehead atoms. The number of hydrogen-bond acceptors (Lipinski definition) is 3. The van der Waals surface area contributed by atoms with Crippen LogP contribution >= 0.6 is 15.9 Å². The van der Waals surface area contributed by atoms with Gasteiger partial charge in [-0.05, 0) is 30.3 Å². The van der Waals surface area contributed by atoms with Gasteiger partial charge in [-0.1, -0.05) is 15.9 Å². The molecule has 2 aromatic rings. The van der Waals surface area contributed by atoms with E-state index in [9.17, 15) is 9.18 Å². The van der Waals surface area contributed by atoms with E-state index in [0.717, 1.165) is 0 Å². The lowest BCUT2D eigenvalue weighted by atomic mass is 10.2. The van der Waals surface area contributed by atoms with Crippen molar-refractivity contribution in [3.8, 4) is 0 Å². The van der Waals surface area contributed by atoms with E-state index in [1.165, 1.54) is 24.4 Å². The Bertz CT molecular complexity index is 604. The molecular formula is C12H8BrFN2O2. The van der Waals surface area contributed by atoms with E-state index in [2.05, 4.69) is 26.2 Å². The Kier molecular flexibility index (Phi) is 3.57. The molecule has 2 N–H and O–H groups in total. The third kappa shape index (κ3) is 2.84. The number of nitrogens with one attached hydrogen (secondary N) is 1. The summed E-state index contributed by atoms with van der Waals surface area (Å²) in [5.74, 6) is -1.23. The Balaban J connectivity index is 2.31. The minimum absolute atomic E-state index is 0.0860. The summed E-state index contributed by atoms with van der Waals surface area (Å²) in [5.41, 5.74) is 0.308. The summed E-state index contributed by atoms with van der Waals surface area (Å²) in [6, 6.07) is 7.12. The summed E-state index contributed by atoms with van der Waals surface area (Å²) in [6.45, 7) is 0. The molecule has 0 fully saturated rings. The van der Waals surface area contributed by atoms with Crippen molar-refractivity contribution in [3.05, 3.63) is 52.4 Å². The summed E-state index contributed by atoms with van der Waals surface area (Å²) < 4.78 is 14.2. The number of nitrogens with zero attached hydrogens (tertiary/aromatic N) is 1. The Labute approximate surface area is 111 Å². The molecule has 4 nitrogen and oxygen atoms in total.